The van der Waals surface area contributed by atoms with Crippen molar-refractivity contribution in [3.05, 3.63) is 12.4 Å². The Balaban J connectivity index is 2.47. The summed E-state index contributed by atoms with van der Waals surface area (Å²) >= 11 is 0. The van der Waals surface area contributed by atoms with Gasteiger partial charge >= 0.3 is 0 Å². The minimum absolute atomic E-state index is 0.00879. The molecule has 96 valence electrons. The summed E-state index contributed by atoms with van der Waals surface area (Å²) in [6.07, 6.45) is 1.45. The molecule has 1 unspecified atom stereocenters. The van der Waals surface area contributed by atoms with Crippen LogP contribution >= 0.6 is 0 Å². The molecular formula is C11H19N3O3. The normalized spacial score (nSPS) is 12.2. The van der Waals surface area contributed by atoms with Crippen molar-refractivity contribution in [2.45, 2.75) is 13.0 Å². The third-order valence-electron chi connectivity index (χ3n) is 2.13. The van der Waals surface area contributed by atoms with Crippen molar-refractivity contribution in [2.75, 3.05) is 39.3 Å². The molecule has 1 N–H and O–H groups in total. The van der Waals surface area contributed by atoms with E-state index in [1.807, 2.05) is 6.92 Å². The van der Waals surface area contributed by atoms with Crippen LogP contribution in [0.5, 0.6) is 5.88 Å². The topological polar surface area (TPSA) is 65.5 Å². The van der Waals surface area contributed by atoms with E-state index in [1.54, 1.807) is 20.3 Å². The number of rotatable bonds is 8. The second kappa shape index (κ2) is 7.81. The average molecular weight is 241 g/mol. The first kappa shape index (κ1) is 13.7. The van der Waals surface area contributed by atoms with Gasteiger partial charge in [-0.1, -0.05) is 0 Å². The summed E-state index contributed by atoms with van der Waals surface area (Å²) in [7, 11) is 3.29. The lowest BCUT2D eigenvalue weighted by Crippen LogP contribution is -2.26. The second-order valence-electron chi connectivity index (χ2n) is 3.37. The maximum absolute atomic E-state index is 5.28. The van der Waals surface area contributed by atoms with E-state index in [9.17, 15) is 0 Å². The lowest BCUT2D eigenvalue weighted by Gasteiger charge is -2.15. The molecule has 0 spiro atoms. The molecule has 1 atom stereocenters. The Morgan fingerprint density at radius 1 is 1.35 bits per heavy atom. The predicted molar refractivity (Wildman–Crippen MR) is 64.4 cm³/mol. The van der Waals surface area contributed by atoms with Crippen molar-refractivity contribution >= 4 is 5.82 Å². The fraction of sp³-hybridized carbons (Fsp3) is 0.636. The van der Waals surface area contributed by atoms with Crippen molar-refractivity contribution < 1.29 is 14.2 Å². The second-order valence-corrected chi connectivity index (χ2v) is 3.37. The quantitative estimate of drug-likeness (QED) is 0.731. The highest BCUT2D eigenvalue weighted by Crippen LogP contribution is 2.10. The van der Waals surface area contributed by atoms with Gasteiger partial charge in [-0.05, 0) is 6.92 Å². The van der Waals surface area contributed by atoms with Crippen LogP contribution in [0.15, 0.2) is 12.4 Å². The van der Waals surface area contributed by atoms with Gasteiger partial charge in [0, 0.05) is 26.8 Å². The Morgan fingerprint density at radius 3 is 2.82 bits per heavy atom. The Morgan fingerprint density at radius 2 is 2.18 bits per heavy atom. The van der Waals surface area contributed by atoms with Crippen LogP contribution in [-0.4, -0.2) is 50.1 Å². The molecule has 1 aromatic heterocycles. The van der Waals surface area contributed by atoms with Crippen LogP contribution in [0.3, 0.4) is 0 Å². The van der Waals surface area contributed by atoms with Gasteiger partial charge in [0.05, 0.1) is 19.3 Å². The summed E-state index contributed by atoms with van der Waals surface area (Å²) in [5.41, 5.74) is 0. The minimum Gasteiger partial charge on any atom is -0.478 e. The first-order valence-electron chi connectivity index (χ1n) is 5.50. The lowest BCUT2D eigenvalue weighted by atomic mass is 10.3. The standard InChI is InChI=1S/C11H19N3O3/c1-4-17-11-5-10(13-8-14-11)12-6-9(16-3)7-15-2/h5,8-9H,4,6-7H2,1-3H3,(H,12,13,14). The molecule has 0 saturated carbocycles. The zero-order chi connectivity index (χ0) is 12.5. The lowest BCUT2D eigenvalue weighted by molar-refractivity contribution is 0.0365. The summed E-state index contributed by atoms with van der Waals surface area (Å²) in [6, 6.07) is 1.75. The third-order valence-corrected chi connectivity index (χ3v) is 2.13. The van der Waals surface area contributed by atoms with Gasteiger partial charge in [-0.3, -0.25) is 0 Å². The number of hydrogen-bond acceptors (Lipinski definition) is 6. The molecule has 1 rings (SSSR count). The van der Waals surface area contributed by atoms with E-state index < -0.39 is 0 Å². The van der Waals surface area contributed by atoms with Crippen LogP contribution in [0.1, 0.15) is 6.92 Å². The molecule has 0 aliphatic heterocycles. The minimum atomic E-state index is -0.00879. The van der Waals surface area contributed by atoms with E-state index in [-0.39, 0.29) is 6.10 Å². The molecule has 0 saturated heterocycles. The maximum atomic E-state index is 5.28. The zero-order valence-electron chi connectivity index (χ0n) is 10.5. The number of aromatic nitrogens is 2. The van der Waals surface area contributed by atoms with E-state index in [2.05, 4.69) is 15.3 Å². The van der Waals surface area contributed by atoms with Crippen molar-refractivity contribution in [2.24, 2.45) is 0 Å². The van der Waals surface area contributed by atoms with Gasteiger partial charge in [0.1, 0.15) is 12.1 Å². The van der Waals surface area contributed by atoms with Gasteiger partial charge in [-0.15, -0.1) is 0 Å². The van der Waals surface area contributed by atoms with Crippen LogP contribution < -0.4 is 10.1 Å². The van der Waals surface area contributed by atoms with Crippen LogP contribution in [0.4, 0.5) is 5.82 Å². The first-order chi connectivity index (χ1) is 8.30. The summed E-state index contributed by atoms with van der Waals surface area (Å²) in [5.74, 6) is 1.27. The Bertz CT molecular complexity index is 323. The Kier molecular flexibility index (Phi) is 6.27. The summed E-state index contributed by atoms with van der Waals surface area (Å²) in [6.45, 7) is 3.65. The Labute approximate surface area is 101 Å². The molecule has 1 heterocycles. The molecule has 17 heavy (non-hydrogen) atoms. The highest BCUT2D eigenvalue weighted by Gasteiger charge is 2.07. The predicted octanol–water partition coefficient (Wildman–Crippen LogP) is 0.949. The number of methoxy groups -OCH3 is 2. The molecule has 1 aromatic rings. The monoisotopic (exact) mass is 241 g/mol. The number of nitrogens with one attached hydrogen (secondary N) is 1. The van der Waals surface area contributed by atoms with Crippen molar-refractivity contribution in [1.82, 2.24) is 9.97 Å². The molecule has 0 aromatic carbocycles. The highest BCUT2D eigenvalue weighted by atomic mass is 16.5. The van der Waals surface area contributed by atoms with E-state index in [0.717, 1.165) is 0 Å². The molecule has 0 aliphatic rings. The van der Waals surface area contributed by atoms with E-state index in [4.69, 9.17) is 14.2 Å². The molecule has 0 amide bonds. The molecule has 0 radical (unpaired) electrons. The number of hydrogen-bond donors (Lipinski definition) is 1. The van der Waals surface area contributed by atoms with Crippen LogP contribution in [0.25, 0.3) is 0 Å². The largest absolute Gasteiger partial charge is 0.478 e. The number of nitrogens with zero attached hydrogens (tertiary/aromatic N) is 2. The van der Waals surface area contributed by atoms with Crippen LogP contribution in [-0.2, 0) is 9.47 Å². The number of ether oxygens (including phenoxy) is 3. The zero-order valence-corrected chi connectivity index (χ0v) is 10.5. The molecule has 0 aliphatic carbocycles. The summed E-state index contributed by atoms with van der Waals surface area (Å²) in [5, 5.41) is 3.14. The summed E-state index contributed by atoms with van der Waals surface area (Å²) < 4.78 is 15.5. The molecule has 6 nitrogen and oxygen atoms in total. The Hall–Kier alpha value is -1.40. The van der Waals surface area contributed by atoms with Crippen molar-refractivity contribution in [3.8, 4) is 5.88 Å². The van der Waals surface area contributed by atoms with E-state index in [1.165, 1.54) is 6.33 Å². The molecule has 0 fully saturated rings. The smallest absolute Gasteiger partial charge is 0.218 e. The van der Waals surface area contributed by atoms with Gasteiger partial charge in [-0.2, -0.15) is 0 Å². The molecular weight excluding hydrogens is 222 g/mol. The van der Waals surface area contributed by atoms with Crippen molar-refractivity contribution in [1.29, 1.82) is 0 Å². The van der Waals surface area contributed by atoms with Crippen LogP contribution in [0, 0.1) is 0 Å². The van der Waals surface area contributed by atoms with Gasteiger partial charge in [0.2, 0.25) is 5.88 Å². The average Bonchev–Trinajstić information content (AvgIpc) is 2.35. The summed E-state index contributed by atoms with van der Waals surface area (Å²) in [4.78, 5) is 8.07. The van der Waals surface area contributed by atoms with E-state index >= 15 is 0 Å². The van der Waals surface area contributed by atoms with Gasteiger partial charge in [0.15, 0.2) is 0 Å². The maximum Gasteiger partial charge on any atom is 0.218 e. The van der Waals surface area contributed by atoms with Crippen molar-refractivity contribution in [3.63, 3.8) is 0 Å². The first-order valence-corrected chi connectivity index (χ1v) is 5.50. The van der Waals surface area contributed by atoms with Crippen LogP contribution in [0.2, 0.25) is 0 Å². The fourth-order valence-corrected chi connectivity index (χ4v) is 1.28. The highest BCUT2D eigenvalue weighted by molar-refractivity contribution is 5.37. The number of anilines is 1. The van der Waals surface area contributed by atoms with Gasteiger partial charge < -0.3 is 19.5 Å². The molecule has 6 heteroatoms. The SMILES string of the molecule is CCOc1cc(NCC(COC)OC)ncn1. The third kappa shape index (κ3) is 4.97. The van der Waals surface area contributed by atoms with E-state index in [0.29, 0.717) is 31.5 Å². The van der Waals surface area contributed by atoms with Gasteiger partial charge in [0.25, 0.3) is 0 Å². The van der Waals surface area contributed by atoms with Gasteiger partial charge in [-0.25, -0.2) is 9.97 Å². The molecule has 0 bridgehead atoms. The fourth-order valence-electron chi connectivity index (χ4n) is 1.28.